The second-order valence-electron chi connectivity index (χ2n) is 4.09. The Morgan fingerprint density at radius 2 is 2.05 bits per heavy atom. The lowest BCUT2D eigenvalue weighted by atomic mass is 10.2. The topological polar surface area (TPSA) is 51.2 Å². The van der Waals surface area contributed by atoms with Gasteiger partial charge in [-0.3, -0.25) is 0 Å². The number of nitrogens with zero attached hydrogens (tertiary/aromatic N) is 1. The highest BCUT2D eigenvalue weighted by Gasteiger charge is 2.18. The molecule has 106 valence electrons. The maximum atomic E-state index is 13.9. The zero-order valence-corrected chi connectivity index (χ0v) is 11.9. The lowest BCUT2D eigenvalue weighted by Gasteiger charge is -2.07. The van der Waals surface area contributed by atoms with Gasteiger partial charge in [-0.25, -0.2) is 18.6 Å². The van der Waals surface area contributed by atoms with Gasteiger partial charge < -0.3 is 10.1 Å². The van der Waals surface area contributed by atoms with Crippen LogP contribution in [0.4, 0.5) is 19.6 Å². The summed E-state index contributed by atoms with van der Waals surface area (Å²) in [6.45, 7) is 3.21. The van der Waals surface area contributed by atoms with E-state index in [1.54, 1.807) is 6.92 Å². The van der Waals surface area contributed by atoms with Crippen molar-refractivity contribution in [1.82, 2.24) is 4.98 Å². The van der Waals surface area contributed by atoms with Crippen LogP contribution in [0.1, 0.15) is 20.9 Å². The lowest BCUT2D eigenvalue weighted by molar-refractivity contribution is 0.0594. The predicted octanol–water partition coefficient (Wildman–Crippen LogP) is 3.57. The average Bonchev–Trinajstić information content (AvgIpc) is 2.79. The van der Waals surface area contributed by atoms with Crippen LogP contribution in [0.5, 0.6) is 0 Å². The van der Waals surface area contributed by atoms with Crippen molar-refractivity contribution in [3.63, 3.8) is 0 Å². The van der Waals surface area contributed by atoms with Crippen molar-refractivity contribution in [2.45, 2.75) is 13.8 Å². The number of aromatic nitrogens is 1. The van der Waals surface area contributed by atoms with Crippen LogP contribution >= 0.6 is 11.3 Å². The van der Waals surface area contributed by atoms with Crippen LogP contribution < -0.4 is 5.32 Å². The van der Waals surface area contributed by atoms with E-state index in [1.165, 1.54) is 26.2 Å². The molecule has 1 heterocycles. The van der Waals surface area contributed by atoms with E-state index in [4.69, 9.17) is 0 Å². The van der Waals surface area contributed by atoms with Crippen LogP contribution in [0.3, 0.4) is 0 Å². The summed E-state index contributed by atoms with van der Waals surface area (Å²) in [4.78, 5) is 16.0. The molecule has 0 aliphatic carbocycles. The second kappa shape index (κ2) is 5.54. The summed E-state index contributed by atoms with van der Waals surface area (Å²) in [5, 5.41) is 2.80. The number of halogens is 2. The first-order valence-electron chi connectivity index (χ1n) is 5.71. The van der Waals surface area contributed by atoms with Gasteiger partial charge in [-0.2, -0.15) is 0 Å². The highest BCUT2D eigenvalue weighted by atomic mass is 32.1. The maximum Gasteiger partial charge on any atom is 0.357 e. The maximum absolute atomic E-state index is 13.9. The standard InChI is InChI=1S/C13H12F2N2O2S/c1-6-4-5-8(14)11(9(6)15)17-13-16-10(7(2)20-13)12(18)19-3/h4-5H,1-3H3,(H,16,17). The number of anilines is 2. The van der Waals surface area contributed by atoms with Gasteiger partial charge in [0.05, 0.1) is 7.11 Å². The van der Waals surface area contributed by atoms with E-state index in [1.807, 2.05) is 0 Å². The monoisotopic (exact) mass is 298 g/mol. The number of rotatable bonds is 3. The third-order valence-electron chi connectivity index (χ3n) is 2.69. The fourth-order valence-corrected chi connectivity index (χ4v) is 2.42. The summed E-state index contributed by atoms with van der Waals surface area (Å²) < 4.78 is 32.1. The fourth-order valence-electron chi connectivity index (χ4n) is 1.61. The van der Waals surface area contributed by atoms with Crippen LogP contribution in [0.25, 0.3) is 0 Å². The van der Waals surface area contributed by atoms with Crippen LogP contribution in [0.2, 0.25) is 0 Å². The first-order chi connectivity index (χ1) is 9.43. The van der Waals surface area contributed by atoms with Gasteiger partial charge in [-0.1, -0.05) is 6.07 Å². The molecule has 1 N–H and O–H groups in total. The highest BCUT2D eigenvalue weighted by Crippen LogP contribution is 2.29. The zero-order valence-electron chi connectivity index (χ0n) is 11.1. The number of hydrogen-bond donors (Lipinski definition) is 1. The van der Waals surface area contributed by atoms with E-state index in [2.05, 4.69) is 15.0 Å². The van der Waals surface area contributed by atoms with Crippen LogP contribution in [0, 0.1) is 25.5 Å². The van der Waals surface area contributed by atoms with Gasteiger partial charge in [0, 0.05) is 4.88 Å². The van der Waals surface area contributed by atoms with Gasteiger partial charge in [0.25, 0.3) is 0 Å². The number of thiazole rings is 1. The Balaban J connectivity index is 2.36. The summed E-state index contributed by atoms with van der Waals surface area (Å²) in [5.41, 5.74) is 0.166. The molecule has 2 aromatic rings. The minimum atomic E-state index is -0.722. The van der Waals surface area contributed by atoms with Crippen LogP contribution in [0.15, 0.2) is 12.1 Å². The Kier molecular flexibility index (Phi) is 3.99. The molecular formula is C13H12F2N2O2S. The predicted molar refractivity (Wildman–Crippen MR) is 72.6 cm³/mol. The number of methoxy groups -OCH3 is 1. The normalized spacial score (nSPS) is 10.4. The molecule has 0 bridgehead atoms. The molecule has 20 heavy (non-hydrogen) atoms. The molecule has 0 unspecified atom stereocenters. The quantitative estimate of drug-likeness (QED) is 0.880. The van der Waals surface area contributed by atoms with Gasteiger partial charge in [-0.15, -0.1) is 11.3 Å². The Labute approximate surface area is 118 Å². The third kappa shape index (κ3) is 2.62. The van der Waals surface area contributed by atoms with Crippen LogP contribution in [-0.2, 0) is 4.74 Å². The lowest BCUT2D eigenvalue weighted by Crippen LogP contribution is -2.04. The van der Waals surface area contributed by atoms with Gasteiger partial charge in [0.2, 0.25) is 0 Å². The highest BCUT2D eigenvalue weighted by molar-refractivity contribution is 7.15. The van der Waals surface area contributed by atoms with Crippen molar-refractivity contribution >= 4 is 28.1 Å². The molecule has 0 aliphatic heterocycles. The van der Waals surface area contributed by atoms with Gasteiger partial charge in [0.1, 0.15) is 11.5 Å². The average molecular weight is 298 g/mol. The van der Waals surface area contributed by atoms with Crippen molar-refractivity contribution in [2.24, 2.45) is 0 Å². The molecule has 1 aromatic heterocycles. The summed E-state index contributed by atoms with van der Waals surface area (Å²) in [6.07, 6.45) is 0. The Bertz CT molecular complexity index is 671. The Morgan fingerprint density at radius 1 is 1.35 bits per heavy atom. The number of ether oxygens (including phenoxy) is 1. The fraction of sp³-hybridized carbons (Fsp3) is 0.231. The molecule has 0 fully saturated rings. The summed E-state index contributed by atoms with van der Waals surface area (Å²) in [7, 11) is 1.24. The van der Waals surface area contributed by atoms with Crippen molar-refractivity contribution in [3.05, 3.63) is 39.9 Å². The van der Waals surface area contributed by atoms with Crippen molar-refractivity contribution in [3.8, 4) is 0 Å². The number of hydrogen-bond acceptors (Lipinski definition) is 5. The Hall–Kier alpha value is -2.02. The van der Waals surface area contributed by atoms with Gasteiger partial charge in [0.15, 0.2) is 16.6 Å². The molecule has 0 aliphatic rings. The minimum absolute atomic E-state index is 0.133. The van der Waals surface area contributed by atoms with E-state index < -0.39 is 17.6 Å². The molecule has 7 heteroatoms. The summed E-state index contributed by atoms with van der Waals surface area (Å²) in [6, 6.07) is 2.52. The molecular weight excluding hydrogens is 286 g/mol. The summed E-state index contributed by atoms with van der Waals surface area (Å²) in [5.74, 6) is -1.99. The first-order valence-corrected chi connectivity index (χ1v) is 6.53. The smallest absolute Gasteiger partial charge is 0.357 e. The van der Waals surface area contributed by atoms with E-state index in [0.29, 0.717) is 10.4 Å². The zero-order chi connectivity index (χ0) is 14.9. The van der Waals surface area contributed by atoms with Crippen LogP contribution in [-0.4, -0.2) is 18.1 Å². The van der Waals surface area contributed by atoms with E-state index >= 15 is 0 Å². The number of carbonyl (C=O) groups excluding carboxylic acids is 1. The molecule has 0 saturated heterocycles. The van der Waals surface area contributed by atoms with Crippen molar-refractivity contribution in [1.29, 1.82) is 0 Å². The molecule has 0 atom stereocenters. The molecule has 0 saturated carbocycles. The molecule has 0 amide bonds. The molecule has 1 aromatic carbocycles. The van der Waals surface area contributed by atoms with E-state index in [-0.39, 0.29) is 16.5 Å². The van der Waals surface area contributed by atoms with Crippen molar-refractivity contribution < 1.29 is 18.3 Å². The largest absolute Gasteiger partial charge is 0.464 e. The van der Waals surface area contributed by atoms with Crippen molar-refractivity contribution in [2.75, 3.05) is 12.4 Å². The van der Waals surface area contributed by atoms with Gasteiger partial charge in [-0.05, 0) is 25.5 Å². The number of benzene rings is 1. The number of esters is 1. The SMILES string of the molecule is COC(=O)c1nc(Nc2c(F)ccc(C)c2F)sc1C. The Morgan fingerprint density at radius 3 is 2.70 bits per heavy atom. The first kappa shape index (κ1) is 14.4. The third-order valence-corrected chi connectivity index (χ3v) is 3.58. The minimum Gasteiger partial charge on any atom is -0.464 e. The number of aryl methyl sites for hydroxylation is 2. The number of carbonyl (C=O) groups is 1. The molecule has 2 rings (SSSR count). The molecule has 0 radical (unpaired) electrons. The van der Waals surface area contributed by atoms with E-state index in [9.17, 15) is 13.6 Å². The second-order valence-corrected chi connectivity index (χ2v) is 5.30. The van der Waals surface area contributed by atoms with E-state index in [0.717, 1.165) is 11.3 Å². The summed E-state index contributed by atoms with van der Waals surface area (Å²) >= 11 is 1.12. The molecule has 4 nitrogen and oxygen atoms in total. The number of nitrogens with one attached hydrogen (secondary N) is 1. The van der Waals surface area contributed by atoms with Gasteiger partial charge >= 0.3 is 5.97 Å². The molecule has 0 spiro atoms.